The first kappa shape index (κ1) is 13.9. The number of nitrogens with one attached hydrogen (secondary N) is 1. The van der Waals surface area contributed by atoms with E-state index >= 15 is 0 Å². The van der Waals surface area contributed by atoms with E-state index in [1.165, 1.54) is 42.9 Å². The number of thioether (sulfide) groups is 1. The van der Waals surface area contributed by atoms with Crippen LogP contribution in [0.25, 0.3) is 0 Å². The summed E-state index contributed by atoms with van der Waals surface area (Å²) in [6.07, 6.45) is 2.49. The van der Waals surface area contributed by atoms with Gasteiger partial charge < -0.3 is 10.2 Å². The molecule has 0 aromatic heterocycles. The molecule has 3 heteroatoms. The minimum atomic E-state index is 1.16. The molecule has 1 aliphatic rings. The topological polar surface area (TPSA) is 15.3 Å². The maximum Gasteiger partial charge on any atom is 0.0107 e. The maximum absolute atomic E-state index is 3.40. The zero-order valence-electron chi connectivity index (χ0n) is 11.3. The van der Waals surface area contributed by atoms with Crippen molar-refractivity contribution in [1.29, 1.82) is 0 Å². The molecule has 0 saturated carbocycles. The molecule has 0 aliphatic carbocycles. The predicted octanol–water partition coefficient (Wildman–Crippen LogP) is 2.64. The van der Waals surface area contributed by atoms with E-state index in [4.69, 9.17) is 0 Å². The molecule has 2 nitrogen and oxygen atoms in total. The second-order valence-corrected chi connectivity index (χ2v) is 6.11. The Morgan fingerprint density at radius 3 is 2.56 bits per heavy atom. The minimum absolute atomic E-state index is 1.16. The van der Waals surface area contributed by atoms with Crippen LogP contribution in [-0.4, -0.2) is 43.4 Å². The van der Waals surface area contributed by atoms with Crippen LogP contribution in [0.4, 0.5) is 0 Å². The first-order chi connectivity index (χ1) is 8.88. The highest BCUT2D eigenvalue weighted by atomic mass is 32.2. The van der Waals surface area contributed by atoms with Crippen LogP contribution in [0.3, 0.4) is 0 Å². The van der Waals surface area contributed by atoms with Crippen molar-refractivity contribution in [3.05, 3.63) is 29.8 Å². The number of nitrogens with zero attached hydrogens (tertiary/aromatic N) is 1. The van der Waals surface area contributed by atoms with Crippen LogP contribution in [0, 0.1) is 0 Å². The number of benzene rings is 1. The van der Waals surface area contributed by atoms with E-state index in [0.29, 0.717) is 0 Å². The molecule has 18 heavy (non-hydrogen) atoms. The fourth-order valence-corrected chi connectivity index (χ4v) is 3.02. The van der Waals surface area contributed by atoms with Gasteiger partial charge in [0.1, 0.15) is 0 Å². The van der Waals surface area contributed by atoms with E-state index < -0.39 is 0 Å². The molecule has 1 aliphatic heterocycles. The van der Waals surface area contributed by atoms with Crippen molar-refractivity contribution >= 4 is 11.8 Å². The summed E-state index contributed by atoms with van der Waals surface area (Å²) in [4.78, 5) is 3.96. The van der Waals surface area contributed by atoms with E-state index in [1.807, 2.05) is 11.8 Å². The van der Waals surface area contributed by atoms with E-state index in [1.54, 1.807) is 0 Å². The van der Waals surface area contributed by atoms with Crippen molar-refractivity contribution in [2.75, 3.05) is 38.5 Å². The number of aryl methyl sites for hydroxylation is 1. The summed E-state index contributed by atoms with van der Waals surface area (Å²) >= 11 is 1.92. The maximum atomic E-state index is 3.40. The molecule has 1 aromatic carbocycles. The van der Waals surface area contributed by atoms with E-state index in [2.05, 4.69) is 41.4 Å². The Balaban J connectivity index is 1.69. The summed E-state index contributed by atoms with van der Waals surface area (Å²) in [7, 11) is 0. The predicted molar refractivity (Wildman–Crippen MR) is 80.5 cm³/mol. The van der Waals surface area contributed by atoms with Crippen molar-refractivity contribution in [3.8, 4) is 0 Å². The second-order valence-electron chi connectivity index (χ2n) is 4.77. The molecule has 0 atom stereocenters. The smallest absolute Gasteiger partial charge is 0.0107 e. The largest absolute Gasteiger partial charge is 0.314 e. The van der Waals surface area contributed by atoms with Crippen molar-refractivity contribution in [2.24, 2.45) is 0 Å². The molecular formula is C15H24N2S. The van der Waals surface area contributed by atoms with Gasteiger partial charge in [0.05, 0.1) is 0 Å². The van der Waals surface area contributed by atoms with Crippen molar-refractivity contribution in [3.63, 3.8) is 0 Å². The second kappa shape index (κ2) is 7.82. The van der Waals surface area contributed by atoms with Crippen LogP contribution in [0.5, 0.6) is 0 Å². The quantitative estimate of drug-likeness (QED) is 0.795. The third-order valence-electron chi connectivity index (χ3n) is 3.38. The van der Waals surface area contributed by atoms with Gasteiger partial charge in [-0.15, -0.1) is 11.8 Å². The molecule has 1 heterocycles. The van der Waals surface area contributed by atoms with Gasteiger partial charge in [0, 0.05) is 31.1 Å². The first-order valence-electron chi connectivity index (χ1n) is 7.03. The van der Waals surface area contributed by atoms with Gasteiger partial charge in [-0.25, -0.2) is 0 Å². The average molecular weight is 264 g/mol. The highest BCUT2D eigenvalue weighted by Crippen LogP contribution is 2.18. The van der Waals surface area contributed by atoms with Crippen LogP contribution in [0.1, 0.15) is 18.9 Å². The molecule has 1 fully saturated rings. The number of rotatable bonds is 6. The molecule has 0 spiro atoms. The molecule has 1 aromatic rings. The van der Waals surface area contributed by atoms with Crippen molar-refractivity contribution < 1.29 is 0 Å². The Morgan fingerprint density at radius 2 is 1.89 bits per heavy atom. The number of hydrogen-bond donors (Lipinski definition) is 1. The lowest BCUT2D eigenvalue weighted by Crippen LogP contribution is -2.43. The lowest BCUT2D eigenvalue weighted by molar-refractivity contribution is 0.238. The zero-order chi connectivity index (χ0) is 12.6. The Bertz CT molecular complexity index is 331. The van der Waals surface area contributed by atoms with Gasteiger partial charge in [0.2, 0.25) is 0 Å². The molecule has 100 valence electrons. The van der Waals surface area contributed by atoms with Crippen molar-refractivity contribution in [1.82, 2.24) is 10.2 Å². The molecule has 0 amide bonds. The Labute approximate surface area is 115 Å². The Hall–Kier alpha value is -0.510. The van der Waals surface area contributed by atoms with Gasteiger partial charge in [-0.2, -0.15) is 0 Å². The van der Waals surface area contributed by atoms with Gasteiger partial charge in [-0.1, -0.05) is 19.1 Å². The fourth-order valence-electron chi connectivity index (χ4n) is 2.36. The zero-order valence-corrected chi connectivity index (χ0v) is 12.1. The van der Waals surface area contributed by atoms with Gasteiger partial charge in [-0.3, -0.25) is 0 Å². The van der Waals surface area contributed by atoms with Crippen LogP contribution < -0.4 is 5.32 Å². The van der Waals surface area contributed by atoms with Crippen LogP contribution in [-0.2, 0) is 6.42 Å². The minimum Gasteiger partial charge on any atom is -0.314 e. The first-order valence-corrected chi connectivity index (χ1v) is 8.02. The molecule has 1 saturated heterocycles. The van der Waals surface area contributed by atoms with Crippen LogP contribution in [0.15, 0.2) is 29.2 Å². The lowest BCUT2D eigenvalue weighted by Gasteiger charge is -2.27. The highest BCUT2D eigenvalue weighted by molar-refractivity contribution is 7.99. The summed E-state index contributed by atoms with van der Waals surface area (Å²) in [6.45, 7) is 8.18. The van der Waals surface area contributed by atoms with Gasteiger partial charge in [0.15, 0.2) is 0 Å². The lowest BCUT2D eigenvalue weighted by atomic mass is 10.1. The van der Waals surface area contributed by atoms with Crippen molar-refractivity contribution in [2.45, 2.75) is 24.7 Å². The molecule has 1 N–H and O–H groups in total. The summed E-state index contributed by atoms with van der Waals surface area (Å²) < 4.78 is 0. The summed E-state index contributed by atoms with van der Waals surface area (Å²) in [6, 6.07) is 9.09. The van der Waals surface area contributed by atoms with Gasteiger partial charge in [0.25, 0.3) is 0 Å². The van der Waals surface area contributed by atoms with Crippen LogP contribution >= 0.6 is 11.8 Å². The van der Waals surface area contributed by atoms with E-state index in [0.717, 1.165) is 18.8 Å². The monoisotopic (exact) mass is 264 g/mol. The van der Waals surface area contributed by atoms with Gasteiger partial charge in [-0.05, 0) is 42.8 Å². The SMILES string of the molecule is CCSc1ccc(CCCN2CCNCC2)cc1. The molecule has 0 unspecified atom stereocenters. The Kier molecular flexibility index (Phi) is 6.05. The summed E-state index contributed by atoms with van der Waals surface area (Å²) in [5.74, 6) is 1.16. The van der Waals surface area contributed by atoms with E-state index in [-0.39, 0.29) is 0 Å². The average Bonchev–Trinajstić information content (AvgIpc) is 2.42. The number of hydrogen-bond acceptors (Lipinski definition) is 3. The molecule has 0 bridgehead atoms. The summed E-state index contributed by atoms with van der Waals surface area (Å²) in [5.41, 5.74) is 1.48. The molecular weight excluding hydrogens is 240 g/mol. The standard InChI is InChI=1S/C15H24N2S/c1-2-18-15-7-5-14(6-8-15)4-3-11-17-12-9-16-10-13-17/h5-8,16H,2-4,9-13H2,1H3. The summed E-state index contributed by atoms with van der Waals surface area (Å²) in [5, 5.41) is 3.40. The van der Waals surface area contributed by atoms with Gasteiger partial charge >= 0.3 is 0 Å². The highest BCUT2D eigenvalue weighted by Gasteiger charge is 2.08. The third kappa shape index (κ3) is 4.63. The molecule has 2 rings (SSSR count). The Morgan fingerprint density at radius 1 is 1.17 bits per heavy atom. The molecule has 0 radical (unpaired) electrons. The normalized spacial score (nSPS) is 16.9. The van der Waals surface area contributed by atoms with Crippen LogP contribution in [0.2, 0.25) is 0 Å². The third-order valence-corrected chi connectivity index (χ3v) is 4.28. The van der Waals surface area contributed by atoms with E-state index in [9.17, 15) is 0 Å². The fraction of sp³-hybridized carbons (Fsp3) is 0.600. The number of piperazine rings is 1.